The van der Waals surface area contributed by atoms with Gasteiger partial charge in [-0.05, 0) is 128 Å². The average Bonchev–Trinajstić information content (AvgIpc) is 2.63. The van der Waals surface area contributed by atoms with Crippen molar-refractivity contribution in [1.29, 1.82) is 0 Å². The van der Waals surface area contributed by atoms with Gasteiger partial charge in [-0.1, -0.05) is 332 Å². The predicted molar refractivity (Wildman–Crippen MR) is 403 cm³/mol. The van der Waals surface area contributed by atoms with Crippen LogP contribution in [0.1, 0.15) is 296 Å². The Morgan fingerprint density at radius 2 is 0.674 bits per heavy atom. The van der Waals surface area contributed by atoms with Crippen LogP contribution in [0.25, 0.3) is 0 Å². The Kier molecular flexibility index (Phi) is 68.0. The minimum atomic E-state index is -4.64. The Balaban J connectivity index is 4.22. The van der Waals surface area contributed by atoms with Crippen LogP contribution in [0.3, 0.4) is 0 Å². The summed E-state index contributed by atoms with van der Waals surface area (Å²) in [7, 11) is 1.20. The van der Waals surface area contributed by atoms with Crippen molar-refractivity contribution in [2.45, 2.75) is 309 Å². The molecule has 2 N–H and O–H groups in total. The second-order valence-electron chi connectivity index (χ2n) is 25.9. The molecule has 9 heteroatoms. The summed E-state index contributed by atoms with van der Waals surface area (Å²) >= 11 is 0. The number of nitrogens with zero attached hydrogens (tertiary/aromatic N) is 1. The summed E-state index contributed by atoms with van der Waals surface area (Å²) in [6.07, 6.45) is 112. The van der Waals surface area contributed by atoms with E-state index < -0.39 is 26.6 Å². The number of allylic oxidation sites excluding steroid dienone is 27. The monoisotopic (exact) mass is 1290 g/mol. The highest BCUT2D eigenvalue weighted by molar-refractivity contribution is 7.45. The largest absolute Gasteiger partial charge is 0.756 e. The van der Waals surface area contributed by atoms with Crippen LogP contribution in [-0.4, -0.2) is 68.5 Å². The van der Waals surface area contributed by atoms with Crippen LogP contribution < -0.4 is 10.2 Å². The third kappa shape index (κ3) is 73.3. The maximum Gasteiger partial charge on any atom is 0.268 e. The Bertz CT molecular complexity index is 2110. The molecule has 0 heterocycles. The van der Waals surface area contributed by atoms with E-state index in [1.54, 1.807) is 6.08 Å². The lowest BCUT2D eigenvalue weighted by molar-refractivity contribution is -0.870. The SMILES string of the molecule is CC/C=C\C/C=C\C/C=C\C/C=C\C/C=C\C/C=C\C/C=C\C/C=C\C/C=C\C/C=C\C/C=C\CCCCCCCC(=O)NC(COP(=O)([O-])OCC[N+](C)(C)C)C(O)/C=C/CC/C=C/CC/C=C/CCCCCCCCCCCCCCCCCCCCCCC. The number of aliphatic hydroxyl groups is 1. The minimum Gasteiger partial charge on any atom is -0.756 e. The number of amides is 1. The molecule has 0 saturated heterocycles. The molecule has 0 rings (SSSR count). The molecular formula is C83H141N2O6P. The van der Waals surface area contributed by atoms with Crippen molar-refractivity contribution in [3.63, 3.8) is 0 Å². The zero-order chi connectivity index (χ0) is 66.9. The van der Waals surface area contributed by atoms with Gasteiger partial charge in [0.15, 0.2) is 0 Å². The van der Waals surface area contributed by atoms with Crippen molar-refractivity contribution in [3.05, 3.63) is 170 Å². The highest BCUT2D eigenvalue weighted by Gasteiger charge is 2.23. The van der Waals surface area contributed by atoms with Crippen molar-refractivity contribution < 1.29 is 32.9 Å². The summed E-state index contributed by atoms with van der Waals surface area (Å²) in [5, 5.41) is 13.9. The van der Waals surface area contributed by atoms with Crippen molar-refractivity contribution >= 4 is 13.7 Å². The molecule has 3 atom stereocenters. The molecule has 0 radical (unpaired) electrons. The zero-order valence-electron chi connectivity index (χ0n) is 59.9. The summed E-state index contributed by atoms with van der Waals surface area (Å²) in [5.74, 6) is -0.235. The normalized spacial score (nSPS) is 14.6. The lowest BCUT2D eigenvalue weighted by atomic mass is 10.0. The summed E-state index contributed by atoms with van der Waals surface area (Å²) in [5.41, 5.74) is 0. The standard InChI is InChI=1S/C83H141N2O6P/c1-6-8-10-12-14-16-18-20-22-24-26-28-30-32-34-36-38-39-40-41-42-43-44-45-47-49-51-53-55-57-59-61-63-65-67-69-71-73-75-77-83(87)84-81(80-91-92(88,89)90-79-78-85(3,4)5)82(86)76-74-72-70-68-66-64-62-60-58-56-54-52-50-48-46-37-35-33-31-29-27-25-23-21-19-17-15-13-11-9-7-2/h8,10,14,16,20,22,26,28,32,34,38-39,41-42,44-45,49,51,55,57-58,60-61,63,66,68,74,76,81-82,86H,6-7,9,11-13,15,17-19,21,23-25,27,29-31,33,35-37,40,43,46-48,50,52-54,56,59,62,64-65,67,69-73,75,77-80H2,1-5H3,(H-,84,87,88,89)/b10-8-,16-14-,22-20-,28-26-,34-32-,39-38-,42-41-,45-44-,51-49-,57-55-,60-58+,63-61-,68-66+,76-74+. The van der Waals surface area contributed by atoms with E-state index in [4.69, 9.17) is 9.05 Å². The predicted octanol–water partition coefficient (Wildman–Crippen LogP) is 24.0. The van der Waals surface area contributed by atoms with Gasteiger partial charge in [-0.2, -0.15) is 0 Å². The topological polar surface area (TPSA) is 108 Å². The molecule has 0 aromatic heterocycles. The molecular weight excluding hydrogens is 1150 g/mol. The Morgan fingerprint density at radius 3 is 1.01 bits per heavy atom. The number of hydrogen-bond acceptors (Lipinski definition) is 6. The Morgan fingerprint density at radius 1 is 0.391 bits per heavy atom. The number of likely N-dealkylation sites (N-methyl/N-ethyl adjacent to an activating group) is 1. The van der Waals surface area contributed by atoms with Crippen LogP contribution in [0.5, 0.6) is 0 Å². The first kappa shape index (κ1) is 87.9. The molecule has 0 spiro atoms. The van der Waals surface area contributed by atoms with Crippen LogP contribution in [-0.2, 0) is 18.4 Å². The van der Waals surface area contributed by atoms with Gasteiger partial charge in [0.2, 0.25) is 5.91 Å². The van der Waals surface area contributed by atoms with E-state index in [0.717, 1.165) is 135 Å². The number of rotatable bonds is 67. The number of phosphoric ester groups is 1. The Labute approximate surface area is 568 Å². The van der Waals surface area contributed by atoms with Crippen molar-refractivity contribution in [3.8, 4) is 0 Å². The highest BCUT2D eigenvalue weighted by atomic mass is 31.2. The number of unbranched alkanes of at least 4 members (excludes halogenated alkanes) is 28. The number of hydrogen-bond donors (Lipinski definition) is 2. The van der Waals surface area contributed by atoms with Gasteiger partial charge in [0.25, 0.3) is 7.82 Å². The van der Waals surface area contributed by atoms with Crippen LogP contribution in [0.15, 0.2) is 170 Å². The molecule has 0 aromatic rings. The van der Waals surface area contributed by atoms with Gasteiger partial charge >= 0.3 is 0 Å². The van der Waals surface area contributed by atoms with E-state index in [-0.39, 0.29) is 12.5 Å². The third-order valence-electron chi connectivity index (χ3n) is 15.9. The first-order valence-electron chi connectivity index (χ1n) is 37.5. The summed E-state index contributed by atoms with van der Waals surface area (Å²) < 4.78 is 23.4. The molecule has 524 valence electrons. The van der Waals surface area contributed by atoms with Crippen molar-refractivity contribution in [2.24, 2.45) is 0 Å². The van der Waals surface area contributed by atoms with E-state index >= 15 is 0 Å². The molecule has 0 aliphatic carbocycles. The highest BCUT2D eigenvalue weighted by Crippen LogP contribution is 2.38. The number of phosphoric acid groups is 1. The summed E-state index contributed by atoms with van der Waals surface area (Å²) in [6.45, 7) is 4.50. The average molecular weight is 1290 g/mol. The maximum atomic E-state index is 13.0. The van der Waals surface area contributed by atoms with Crippen molar-refractivity contribution in [1.82, 2.24) is 5.32 Å². The molecule has 1 amide bonds. The third-order valence-corrected chi connectivity index (χ3v) is 16.9. The van der Waals surface area contributed by atoms with E-state index in [2.05, 4.69) is 177 Å². The van der Waals surface area contributed by atoms with Gasteiger partial charge in [-0.3, -0.25) is 9.36 Å². The van der Waals surface area contributed by atoms with Crippen LogP contribution in [0.2, 0.25) is 0 Å². The van der Waals surface area contributed by atoms with E-state index in [0.29, 0.717) is 17.4 Å². The summed E-state index contributed by atoms with van der Waals surface area (Å²) in [6, 6.07) is -0.936. The van der Waals surface area contributed by atoms with Crippen LogP contribution >= 0.6 is 7.82 Å². The molecule has 0 aliphatic rings. The smallest absolute Gasteiger partial charge is 0.268 e. The number of quaternary nitrogens is 1. The molecule has 92 heavy (non-hydrogen) atoms. The van der Waals surface area contributed by atoms with Gasteiger partial charge in [-0.25, -0.2) is 0 Å². The molecule has 8 nitrogen and oxygen atoms in total. The van der Waals surface area contributed by atoms with Gasteiger partial charge in [-0.15, -0.1) is 0 Å². The number of nitrogens with one attached hydrogen (secondary N) is 1. The molecule has 0 fully saturated rings. The molecule has 0 aromatic carbocycles. The molecule has 3 unspecified atom stereocenters. The van der Waals surface area contributed by atoms with Gasteiger partial charge < -0.3 is 28.8 Å². The second-order valence-corrected chi connectivity index (χ2v) is 27.3. The quantitative estimate of drug-likeness (QED) is 0.0272. The fraction of sp³-hybridized carbons (Fsp3) is 0.651. The maximum absolute atomic E-state index is 13.0. The number of carbonyl (C=O) groups is 1. The zero-order valence-corrected chi connectivity index (χ0v) is 60.8. The first-order valence-corrected chi connectivity index (χ1v) is 39.0. The van der Waals surface area contributed by atoms with Crippen molar-refractivity contribution in [2.75, 3.05) is 40.9 Å². The molecule has 0 bridgehead atoms. The Hall–Kier alpha value is -4.14. The fourth-order valence-corrected chi connectivity index (χ4v) is 10.9. The first-order chi connectivity index (χ1) is 45.0. The van der Waals surface area contributed by atoms with Gasteiger partial charge in [0.1, 0.15) is 13.2 Å². The second kappa shape index (κ2) is 71.2. The lowest BCUT2D eigenvalue weighted by Gasteiger charge is -2.29. The summed E-state index contributed by atoms with van der Waals surface area (Å²) in [4.78, 5) is 25.7. The number of aliphatic hydroxyl groups excluding tert-OH is 1. The van der Waals surface area contributed by atoms with Crippen LogP contribution in [0.4, 0.5) is 0 Å². The van der Waals surface area contributed by atoms with Gasteiger partial charge in [0.05, 0.1) is 39.9 Å². The molecule has 0 aliphatic heterocycles. The lowest BCUT2D eigenvalue weighted by Crippen LogP contribution is -2.45. The van der Waals surface area contributed by atoms with E-state index in [9.17, 15) is 19.4 Å². The minimum absolute atomic E-state index is 0.0221. The molecule has 0 saturated carbocycles. The van der Waals surface area contributed by atoms with Gasteiger partial charge in [0, 0.05) is 6.42 Å². The fourth-order valence-electron chi connectivity index (χ4n) is 10.1. The van der Waals surface area contributed by atoms with E-state index in [1.165, 1.54) is 141 Å². The number of carbonyl (C=O) groups excluding carboxylic acids is 1. The van der Waals surface area contributed by atoms with E-state index in [1.807, 2.05) is 27.2 Å². The van der Waals surface area contributed by atoms with Crippen LogP contribution in [0, 0.1) is 0 Å².